The maximum Gasteiger partial charge on any atom is 0.161 e. The molecule has 0 amide bonds. The van der Waals surface area contributed by atoms with Crippen LogP contribution in [0.3, 0.4) is 0 Å². The Morgan fingerprint density at radius 2 is 1.70 bits per heavy atom. The Labute approximate surface area is 124 Å². The van der Waals surface area contributed by atoms with Crippen LogP contribution in [0.1, 0.15) is 5.56 Å². The van der Waals surface area contributed by atoms with Crippen molar-refractivity contribution in [1.29, 1.82) is 0 Å². The van der Waals surface area contributed by atoms with Crippen LogP contribution in [0, 0.1) is 0 Å². The second kappa shape index (κ2) is 7.78. The predicted molar refractivity (Wildman–Crippen MR) is 81.6 cm³/mol. The van der Waals surface area contributed by atoms with Gasteiger partial charge in [-0.3, -0.25) is 0 Å². The highest BCUT2D eigenvalue weighted by atomic mass is 35.5. The van der Waals surface area contributed by atoms with Gasteiger partial charge in [0.15, 0.2) is 11.5 Å². The van der Waals surface area contributed by atoms with Gasteiger partial charge in [-0.25, -0.2) is 0 Å². The highest BCUT2D eigenvalue weighted by molar-refractivity contribution is 6.30. The van der Waals surface area contributed by atoms with Gasteiger partial charge < -0.3 is 14.8 Å². The zero-order valence-electron chi connectivity index (χ0n) is 11.4. The molecule has 3 nitrogen and oxygen atoms in total. The third-order valence-electron chi connectivity index (χ3n) is 2.85. The summed E-state index contributed by atoms with van der Waals surface area (Å²) in [6.07, 6.45) is 0. The van der Waals surface area contributed by atoms with Gasteiger partial charge in [-0.2, -0.15) is 0 Å². The Bertz CT molecular complexity index is 528. The van der Waals surface area contributed by atoms with Crippen molar-refractivity contribution in [2.75, 3.05) is 20.3 Å². The van der Waals surface area contributed by atoms with Gasteiger partial charge >= 0.3 is 0 Å². The topological polar surface area (TPSA) is 30.5 Å². The molecule has 0 spiro atoms. The molecule has 4 heteroatoms. The zero-order valence-corrected chi connectivity index (χ0v) is 12.2. The lowest BCUT2D eigenvalue weighted by Crippen LogP contribution is -2.20. The number of benzene rings is 2. The van der Waals surface area contributed by atoms with Crippen molar-refractivity contribution in [3.05, 3.63) is 59.1 Å². The predicted octanol–water partition coefficient (Wildman–Crippen LogP) is 3.52. The number of hydrogen-bond acceptors (Lipinski definition) is 3. The van der Waals surface area contributed by atoms with E-state index in [1.54, 1.807) is 7.11 Å². The SMILES string of the molecule is COc1ccccc1OCCNCc1ccc(Cl)cc1. The summed E-state index contributed by atoms with van der Waals surface area (Å²) in [5, 5.41) is 4.08. The summed E-state index contributed by atoms with van der Waals surface area (Å²) < 4.78 is 10.9. The Hall–Kier alpha value is -1.71. The molecule has 0 atom stereocenters. The number of methoxy groups -OCH3 is 1. The first-order chi connectivity index (χ1) is 9.79. The molecule has 0 fully saturated rings. The van der Waals surface area contributed by atoms with Crippen LogP contribution < -0.4 is 14.8 Å². The summed E-state index contributed by atoms with van der Waals surface area (Å²) in [4.78, 5) is 0. The van der Waals surface area contributed by atoms with Gasteiger partial charge in [0.2, 0.25) is 0 Å². The van der Waals surface area contributed by atoms with E-state index in [4.69, 9.17) is 21.1 Å². The fourth-order valence-corrected chi connectivity index (χ4v) is 1.93. The molecular weight excluding hydrogens is 274 g/mol. The van der Waals surface area contributed by atoms with Gasteiger partial charge in [0.25, 0.3) is 0 Å². The van der Waals surface area contributed by atoms with Crippen LogP contribution in [0.25, 0.3) is 0 Å². The third kappa shape index (κ3) is 4.44. The Morgan fingerprint density at radius 3 is 2.40 bits per heavy atom. The van der Waals surface area contributed by atoms with E-state index in [0.717, 1.165) is 29.6 Å². The first-order valence-corrected chi connectivity index (χ1v) is 6.88. The van der Waals surface area contributed by atoms with Crippen LogP contribution in [-0.4, -0.2) is 20.3 Å². The fraction of sp³-hybridized carbons (Fsp3) is 0.250. The van der Waals surface area contributed by atoms with Gasteiger partial charge in [-0.05, 0) is 29.8 Å². The standard InChI is InChI=1S/C16H18ClNO2/c1-19-15-4-2-3-5-16(15)20-11-10-18-12-13-6-8-14(17)9-7-13/h2-9,18H,10-12H2,1H3. The van der Waals surface area contributed by atoms with Crippen LogP contribution in [0.15, 0.2) is 48.5 Å². The van der Waals surface area contributed by atoms with Crippen molar-refractivity contribution >= 4 is 11.6 Å². The molecule has 0 aliphatic heterocycles. The van der Waals surface area contributed by atoms with E-state index < -0.39 is 0 Å². The minimum atomic E-state index is 0.591. The summed E-state index contributed by atoms with van der Waals surface area (Å²) in [7, 11) is 1.64. The minimum Gasteiger partial charge on any atom is -0.493 e. The van der Waals surface area contributed by atoms with Gasteiger partial charge in [0.1, 0.15) is 6.61 Å². The zero-order chi connectivity index (χ0) is 14.2. The number of hydrogen-bond donors (Lipinski definition) is 1. The van der Waals surface area contributed by atoms with Crippen molar-refractivity contribution in [3.63, 3.8) is 0 Å². The second-order valence-electron chi connectivity index (χ2n) is 4.30. The fourth-order valence-electron chi connectivity index (χ4n) is 1.81. The number of nitrogens with one attached hydrogen (secondary N) is 1. The van der Waals surface area contributed by atoms with Crippen LogP contribution in [0.4, 0.5) is 0 Å². The molecule has 1 N–H and O–H groups in total. The van der Waals surface area contributed by atoms with E-state index in [0.29, 0.717) is 6.61 Å². The average Bonchev–Trinajstić information content (AvgIpc) is 2.49. The molecular formula is C16H18ClNO2. The summed E-state index contributed by atoms with van der Waals surface area (Å²) in [5.41, 5.74) is 1.20. The Balaban J connectivity index is 1.70. The molecule has 0 heterocycles. The summed E-state index contributed by atoms with van der Waals surface area (Å²) in [6.45, 7) is 2.15. The number of para-hydroxylation sites is 2. The lowest BCUT2D eigenvalue weighted by Gasteiger charge is -2.10. The second-order valence-corrected chi connectivity index (χ2v) is 4.74. The first-order valence-electron chi connectivity index (χ1n) is 6.50. The molecule has 2 aromatic rings. The van der Waals surface area contributed by atoms with E-state index in [-0.39, 0.29) is 0 Å². The summed E-state index contributed by atoms with van der Waals surface area (Å²) >= 11 is 5.84. The molecule has 106 valence electrons. The molecule has 0 bridgehead atoms. The van der Waals surface area contributed by atoms with Crippen molar-refractivity contribution in [2.24, 2.45) is 0 Å². The minimum absolute atomic E-state index is 0.591. The van der Waals surface area contributed by atoms with E-state index in [1.807, 2.05) is 48.5 Å². The van der Waals surface area contributed by atoms with Crippen molar-refractivity contribution in [1.82, 2.24) is 5.32 Å². The van der Waals surface area contributed by atoms with Crippen molar-refractivity contribution < 1.29 is 9.47 Å². The van der Waals surface area contributed by atoms with E-state index in [9.17, 15) is 0 Å². The van der Waals surface area contributed by atoms with E-state index >= 15 is 0 Å². The molecule has 2 aromatic carbocycles. The number of halogens is 1. The Morgan fingerprint density at radius 1 is 1.00 bits per heavy atom. The molecule has 0 aliphatic rings. The maximum atomic E-state index is 5.84. The van der Waals surface area contributed by atoms with Crippen molar-refractivity contribution in [2.45, 2.75) is 6.54 Å². The monoisotopic (exact) mass is 291 g/mol. The number of ether oxygens (including phenoxy) is 2. The molecule has 0 radical (unpaired) electrons. The van der Waals surface area contributed by atoms with Gasteiger partial charge in [0, 0.05) is 18.1 Å². The van der Waals surface area contributed by atoms with Gasteiger partial charge in [-0.1, -0.05) is 35.9 Å². The normalized spacial score (nSPS) is 10.3. The van der Waals surface area contributed by atoms with Crippen LogP contribution >= 0.6 is 11.6 Å². The number of rotatable bonds is 7. The summed E-state index contributed by atoms with van der Waals surface area (Å²) in [6, 6.07) is 15.4. The molecule has 0 aromatic heterocycles. The molecule has 0 saturated carbocycles. The Kier molecular flexibility index (Phi) is 5.71. The lowest BCUT2D eigenvalue weighted by atomic mass is 10.2. The molecule has 2 rings (SSSR count). The first kappa shape index (κ1) is 14.7. The van der Waals surface area contributed by atoms with Crippen LogP contribution in [-0.2, 0) is 6.54 Å². The maximum absolute atomic E-state index is 5.84. The highest BCUT2D eigenvalue weighted by Crippen LogP contribution is 2.25. The highest BCUT2D eigenvalue weighted by Gasteiger charge is 2.01. The average molecular weight is 292 g/mol. The van der Waals surface area contributed by atoms with E-state index in [1.165, 1.54) is 5.56 Å². The molecule has 0 unspecified atom stereocenters. The van der Waals surface area contributed by atoms with E-state index in [2.05, 4.69) is 5.32 Å². The summed E-state index contributed by atoms with van der Waals surface area (Å²) in [5.74, 6) is 1.52. The third-order valence-corrected chi connectivity index (χ3v) is 3.10. The van der Waals surface area contributed by atoms with Crippen LogP contribution in [0.2, 0.25) is 5.02 Å². The molecule has 20 heavy (non-hydrogen) atoms. The quantitative estimate of drug-likeness (QED) is 0.792. The lowest BCUT2D eigenvalue weighted by molar-refractivity contribution is 0.292. The van der Waals surface area contributed by atoms with Crippen LogP contribution in [0.5, 0.6) is 11.5 Å². The van der Waals surface area contributed by atoms with Gasteiger partial charge in [-0.15, -0.1) is 0 Å². The largest absolute Gasteiger partial charge is 0.493 e. The van der Waals surface area contributed by atoms with Crippen molar-refractivity contribution in [3.8, 4) is 11.5 Å². The van der Waals surface area contributed by atoms with Gasteiger partial charge in [0.05, 0.1) is 7.11 Å². The molecule has 0 aliphatic carbocycles. The molecule has 0 saturated heterocycles. The smallest absolute Gasteiger partial charge is 0.161 e.